The maximum atomic E-state index is 10.9. The highest BCUT2D eigenvalue weighted by Crippen LogP contribution is 2.06. The molecule has 0 aliphatic rings. The van der Waals surface area contributed by atoms with Gasteiger partial charge >= 0.3 is 5.97 Å². The second-order valence-electron chi connectivity index (χ2n) is 3.76. The highest BCUT2D eigenvalue weighted by atomic mass is 16.5. The summed E-state index contributed by atoms with van der Waals surface area (Å²) in [6, 6.07) is -0.533. The lowest BCUT2D eigenvalue weighted by Gasteiger charge is -2.26. The maximum Gasteiger partial charge on any atom is 0.323 e. The number of carboxylic acid groups (broad SMARTS) is 1. The second kappa shape index (κ2) is 6.79. The van der Waals surface area contributed by atoms with E-state index in [9.17, 15) is 4.79 Å². The average molecular weight is 203 g/mol. The fourth-order valence-corrected chi connectivity index (χ4v) is 1.29. The summed E-state index contributed by atoms with van der Waals surface area (Å²) in [6.07, 6.45) is 1.06. The number of rotatable bonds is 7. The number of carboxylic acids is 1. The summed E-state index contributed by atoms with van der Waals surface area (Å²) in [5.41, 5.74) is 0. The van der Waals surface area contributed by atoms with Crippen molar-refractivity contribution >= 4 is 5.97 Å². The van der Waals surface area contributed by atoms with E-state index in [1.165, 1.54) is 7.11 Å². The SMILES string of the molecule is CCC(C)CN(C)C(COC)C(=O)O. The second-order valence-corrected chi connectivity index (χ2v) is 3.76. The third-order valence-electron chi connectivity index (χ3n) is 2.44. The van der Waals surface area contributed by atoms with E-state index in [2.05, 4.69) is 13.8 Å². The molecule has 4 nitrogen and oxygen atoms in total. The fourth-order valence-electron chi connectivity index (χ4n) is 1.29. The third-order valence-corrected chi connectivity index (χ3v) is 2.44. The fraction of sp³-hybridized carbons (Fsp3) is 0.900. The van der Waals surface area contributed by atoms with Crippen molar-refractivity contribution in [1.82, 2.24) is 4.90 Å². The summed E-state index contributed by atoms with van der Waals surface area (Å²) in [4.78, 5) is 12.7. The highest BCUT2D eigenvalue weighted by Gasteiger charge is 2.23. The molecule has 0 aromatic rings. The quantitative estimate of drug-likeness (QED) is 0.672. The van der Waals surface area contributed by atoms with Crippen LogP contribution in [0.4, 0.5) is 0 Å². The van der Waals surface area contributed by atoms with E-state index in [4.69, 9.17) is 9.84 Å². The zero-order valence-electron chi connectivity index (χ0n) is 9.49. The first-order valence-corrected chi connectivity index (χ1v) is 4.94. The molecule has 0 radical (unpaired) electrons. The molecule has 0 aliphatic carbocycles. The monoisotopic (exact) mass is 203 g/mol. The molecule has 0 aromatic carbocycles. The van der Waals surface area contributed by atoms with Crippen molar-refractivity contribution in [2.45, 2.75) is 26.3 Å². The molecule has 0 saturated carbocycles. The number of likely N-dealkylation sites (N-methyl/N-ethyl adjacent to an activating group) is 1. The largest absolute Gasteiger partial charge is 0.480 e. The first-order chi connectivity index (χ1) is 6.52. The van der Waals surface area contributed by atoms with Gasteiger partial charge in [-0.15, -0.1) is 0 Å². The van der Waals surface area contributed by atoms with Gasteiger partial charge in [0.2, 0.25) is 0 Å². The topological polar surface area (TPSA) is 49.8 Å². The number of ether oxygens (including phenoxy) is 1. The molecule has 4 heteroatoms. The maximum absolute atomic E-state index is 10.9. The van der Waals surface area contributed by atoms with Gasteiger partial charge in [-0.1, -0.05) is 20.3 Å². The number of methoxy groups -OCH3 is 1. The molecule has 2 unspecified atom stereocenters. The van der Waals surface area contributed by atoms with Crippen LogP contribution >= 0.6 is 0 Å². The van der Waals surface area contributed by atoms with Crippen LogP contribution < -0.4 is 0 Å². The normalized spacial score (nSPS) is 15.5. The lowest BCUT2D eigenvalue weighted by Crippen LogP contribution is -2.43. The van der Waals surface area contributed by atoms with Crippen LogP contribution in [0.15, 0.2) is 0 Å². The number of hydrogen-bond donors (Lipinski definition) is 1. The van der Waals surface area contributed by atoms with E-state index in [-0.39, 0.29) is 6.61 Å². The number of hydrogen-bond acceptors (Lipinski definition) is 3. The van der Waals surface area contributed by atoms with Crippen LogP contribution in [-0.2, 0) is 9.53 Å². The Balaban J connectivity index is 4.14. The molecule has 84 valence electrons. The zero-order chi connectivity index (χ0) is 11.1. The molecule has 0 rings (SSSR count). The summed E-state index contributed by atoms with van der Waals surface area (Å²) < 4.78 is 4.88. The Kier molecular flexibility index (Phi) is 6.49. The van der Waals surface area contributed by atoms with Gasteiger partial charge in [0.05, 0.1) is 6.61 Å². The van der Waals surface area contributed by atoms with Gasteiger partial charge in [-0.05, 0) is 13.0 Å². The summed E-state index contributed by atoms with van der Waals surface area (Å²) in [5.74, 6) is -0.309. The van der Waals surface area contributed by atoms with Crippen molar-refractivity contribution < 1.29 is 14.6 Å². The van der Waals surface area contributed by atoms with Gasteiger partial charge in [-0.2, -0.15) is 0 Å². The van der Waals surface area contributed by atoms with Crippen molar-refractivity contribution in [1.29, 1.82) is 0 Å². The summed E-state index contributed by atoms with van der Waals surface area (Å²) in [7, 11) is 3.34. The molecule has 0 aromatic heterocycles. The van der Waals surface area contributed by atoms with Crippen LogP contribution in [0.2, 0.25) is 0 Å². The molecule has 0 amide bonds. The van der Waals surface area contributed by atoms with E-state index in [1.54, 1.807) is 0 Å². The van der Waals surface area contributed by atoms with Gasteiger partial charge in [0.25, 0.3) is 0 Å². The van der Waals surface area contributed by atoms with Crippen LogP contribution in [0.25, 0.3) is 0 Å². The van der Waals surface area contributed by atoms with Crippen molar-refractivity contribution in [3.05, 3.63) is 0 Å². The van der Waals surface area contributed by atoms with E-state index in [0.717, 1.165) is 13.0 Å². The van der Waals surface area contributed by atoms with Gasteiger partial charge in [-0.25, -0.2) is 0 Å². The predicted octanol–water partition coefficient (Wildman–Crippen LogP) is 1.06. The van der Waals surface area contributed by atoms with Crippen LogP contribution in [0, 0.1) is 5.92 Å². The molecule has 1 N–H and O–H groups in total. The van der Waals surface area contributed by atoms with Crippen LogP contribution in [0.1, 0.15) is 20.3 Å². The first-order valence-electron chi connectivity index (χ1n) is 4.94. The van der Waals surface area contributed by atoms with Crippen molar-refractivity contribution in [3.63, 3.8) is 0 Å². The van der Waals surface area contributed by atoms with Crippen molar-refractivity contribution in [3.8, 4) is 0 Å². The van der Waals surface area contributed by atoms with Crippen LogP contribution in [0.5, 0.6) is 0 Å². The Morgan fingerprint density at radius 3 is 2.50 bits per heavy atom. The summed E-state index contributed by atoms with van der Waals surface area (Å²) in [6.45, 7) is 5.24. The van der Waals surface area contributed by atoms with Crippen LogP contribution in [0.3, 0.4) is 0 Å². The molecule has 0 spiro atoms. The standard InChI is InChI=1S/C10H21NO3/c1-5-8(2)6-11(3)9(7-14-4)10(12)13/h8-9H,5-7H2,1-4H3,(H,12,13). The molecule has 0 fully saturated rings. The number of carbonyl (C=O) groups is 1. The Morgan fingerprint density at radius 1 is 1.57 bits per heavy atom. The Hall–Kier alpha value is -0.610. The molecule has 0 heterocycles. The minimum atomic E-state index is -0.822. The molecule has 2 atom stereocenters. The minimum Gasteiger partial charge on any atom is -0.480 e. The third kappa shape index (κ3) is 4.58. The lowest BCUT2D eigenvalue weighted by molar-refractivity contribution is -0.144. The van der Waals surface area contributed by atoms with Gasteiger partial charge in [-0.3, -0.25) is 9.69 Å². The number of aliphatic carboxylic acids is 1. The van der Waals surface area contributed by atoms with Gasteiger partial charge in [0, 0.05) is 13.7 Å². The Bertz CT molecular complexity index is 173. The van der Waals surface area contributed by atoms with Crippen molar-refractivity contribution in [2.75, 3.05) is 27.3 Å². The van der Waals surface area contributed by atoms with Crippen LogP contribution in [-0.4, -0.2) is 49.3 Å². The molecule has 0 bridgehead atoms. The van der Waals surface area contributed by atoms with Crippen molar-refractivity contribution in [2.24, 2.45) is 5.92 Å². The predicted molar refractivity (Wildman–Crippen MR) is 55.4 cm³/mol. The molecule has 0 aliphatic heterocycles. The first kappa shape index (κ1) is 13.4. The molecular formula is C10H21NO3. The zero-order valence-corrected chi connectivity index (χ0v) is 9.49. The minimum absolute atomic E-state index is 0.238. The van der Waals surface area contributed by atoms with E-state index in [1.807, 2.05) is 11.9 Å². The van der Waals surface area contributed by atoms with E-state index in [0.29, 0.717) is 5.92 Å². The van der Waals surface area contributed by atoms with E-state index < -0.39 is 12.0 Å². The Labute approximate surface area is 85.9 Å². The Morgan fingerprint density at radius 2 is 2.14 bits per heavy atom. The average Bonchev–Trinajstić information content (AvgIpc) is 2.13. The smallest absolute Gasteiger partial charge is 0.323 e. The highest BCUT2D eigenvalue weighted by molar-refractivity contribution is 5.73. The summed E-state index contributed by atoms with van der Waals surface area (Å²) in [5, 5.41) is 8.94. The van der Waals surface area contributed by atoms with Gasteiger partial charge in [0.1, 0.15) is 6.04 Å². The van der Waals surface area contributed by atoms with Gasteiger partial charge in [0.15, 0.2) is 0 Å². The summed E-state index contributed by atoms with van der Waals surface area (Å²) >= 11 is 0. The lowest BCUT2D eigenvalue weighted by atomic mass is 10.1. The van der Waals surface area contributed by atoms with Gasteiger partial charge < -0.3 is 9.84 Å². The van der Waals surface area contributed by atoms with E-state index >= 15 is 0 Å². The number of nitrogens with zero attached hydrogens (tertiary/aromatic N) is 1. The molecule has 14 heavy (non-hydrogen) atoms. The molecule has 0 saturated heterocycles. The molecular weight excluding hydrogens is 182 g/mol.